The van der Waals surface area contributed by atoms with Gasteiger partial charge in [-0.15, -0.1) is 3.89 Å². The van der Waals surface area contributed by atoms with Crippen molar-refractivity contribution in [2.45, 2.75) is 11.7 Å². The fourth-order valence-electron chi connectivity index (χ4n) is 2.13. The zero-order valence-corrected chi connectivity index (χ0v) is 11.5. The number of para-hydroxylation sites is 1. The van der Waals surface area contributed by atoms with Gasteiger partial charge in [0, 0.05) is 20.0 Å². The highest BCUT2D eigenvalue weighted by atomic mass is 32.3. The molecule has 108 valence electrons. The minimum absolute atomic E-state index is 0.236. The maximum absolute atomic E-state index is 13.0. The highest BCUT2D eigenvalue weighted by Gasteiger charge is 2.39. The molecule has 1 unspecified atom stereocenters. The van der Waals surface area contributed by atoms with Crippen LogP contribution in [0.5, 0.6) is 0 Å². The Morgan fingerprint density at radius 1 is 1.40 bits per heavy atom. The molecule has 0 bridgehead atoms. The van der Waals surface area contributed by atoms with Crippen molar-refractivity contribution in [1.82, 2.24) is 5.32 Å². The van der Waals surface area contributed by atoms with Crippen LogP contribution >= 0.6 is 0 Å². The number of amides is 2. The molecule has 1 aromatic carbocycles. The van der Waals surface area contributed by atoms with Crippen LogP contribution in [-0.4, -0.2) is 39.1 Å². The van der Waals surface area contributed by atoms with Crippen molar-refractivity contribution in [1.29, 1.82) is 0 Å². The van der Waals surface area contributed by atoms with Gasteiger partial charge in [0.25, 0.3) is 5.91 Å². The van der Waals surface area contributed by atoms with E-state index in [0.29, 0.717) is 0 Å². The summed E-state index contributed by atoms with van der Waals surface area (Å²) in [6.45, 7) is -0.286. The van der Waals surface area contributed by atoms with Crippen LogP contribution in [0.4, 0.5) is 9.57 Å². The first-order chi connectivity index (χ1) is 9.34. The Morgan fingerprint density at radius 3 is 2.60 bits per heavy atom. The highest BCUT2D eigenvalue weighted by molar-refractivity contribution is 7.87. The van der Waals surface area contributed by atoms with Crippen molar-refractivity contribution in [2.24, 2.45) is 0 Å². The summed E-state index contributed by atoms with van der Waals surface area (Å²) in [6.07, 6.45) is -0.416. The van der Waals surface area contributed by atoms with Crippen LogP contribution in [0.25, 0.3) is 0 Å². The fraction of sp³-hybridized carbons (Fsp3) is 0.333. The van der Waals surface area contributed by atoms with E-state index >= 15 is 0 Å². The van der Waals surface area contributed by atoms with Crippen molar-refractivity contribution in [3.63, 3.8) is 0 Å². The third kappa shape index (κ3) is 2.64. The third-order valence-corrected chi connectivity index (χ3v) is 4.27. The van der Waals surface area contributed by atoms with Crippen molar-refractivity contribution in [2.75, 3.05) is 18.5 Å². The van der Waals surface area contributed by atoms with Gasteiger partial charge < -0.3 is 10.2 Å². The number of hydrogen-bond donors (Lipinski definition) is 1. The number of carbonyl (C=O) groups excluding carboxylic acids is 2. The SMILES string of the molecule is CNC(=O)c1ccccc1N1CC(S(=O)(=O)F)CC1=O. The average Bonchev–Trinajstić information content (AvgIpc) is 2.80. The van der Waals surface area contributed by atoms with Gasteiger partial charge >= 0.3 is 10.2 Å². The maximum atomic E-state index is 13.0. The summed E-state index contributed by atoms with van der Waals surface area (Å²) in [7, 11) is -3.33. The van der Waals surface area contributed by atoms with Gasteiger partial charge in [-0.25, -0.2) is 0 Å². The monoisotopic (exact) mass is 300 g/mol. The molecule has 0 saturated carbocycles. The quantitative estimate of drug-likeness (QED) is 0.822. The van der Waals surface area contributed by atoms with E-state index < -0.39 is 33.7 Å². The molecular formula is C12H13FN2O4S. The molecule has 0 spiro atoms. The summed E-state index contributed by atoms with van der Waals surface area (Å²) in [4.78, 5) is 24.7. The normalized spacial score (nSPS) is 19.2. The summed E-state index contributed by atoms with van der Waals surface area (Å²) in [6, 6.07) is 6.28. The molecule has 1 aliphatic heterocycles. The Balaban J connectivity index is 2.38. The van der Waals surface area contributed by atoms with Gasteiger partial charge in [0.15, 0.2) is 0 Å². The number of nitrogens with one attached hydrogen (secondary N) is 1. The first-order valence-electron chi connectivity index (χ1n) is 5.89. The second kappa shape index (κ2) is 5.20. The third-order valence-electron chi connectivity index (χ3n) is 3.15. The summed E-state index contributed by atoms with van der Waals surface area (Å²) >= 11 is 0. The zero-order chi connectivity index (χ0) is 14.9. The van der Waals surface area contributed by atoms with E-state index in [0.717, 1.165) is 4.90 Å². The number of hydrogen-bond acceptors (Lipinski definition) is 4. The molecule has 2 amide bonds. The summed E-state index contributed by atoms with van der Waals surface area (Å²) in [5.41, 5.74) is 0.517. The standard InChI is InChI=1S/C12H13FN2O4S/c1-14-12(17)9-4-2-3-5-10(9)15-7-8(6-11(15)16)20(13,18)19/h2-5,8H,6-7H2,1H3,(H,14,17). The van der Waals surface area contributed by atoms with Gasteiger partial charge in [-0.05, 0) is 12.1 Å². The van der Waals surface area contributed by atoms with Crippen LogP contribution in [0.3, 0.4) is 0 Å². The molecule has 1 atom stereocenters. The Bertz CT molecular complexity index is 659. The molecule has 0 aromatic heterocycles. The van der Waals surface area contributed by atoms with E-state index in [2.05, 4.69) is 5.32 Å². The lowest BCUT2D eigenvalue weighted by atomic mass is 10.1. The second-order valence-corrected chi connectivity index (χ2v) is 6.02. The van der Waals surface area contributed by atoms with E-state index in [4.69, 9.17) is 0 Å². The summed E-state index contributed by atoms with van der Waals surface area (Å²) in [5.74, 6) is -0.924. The zero-order valence-electron chi connectivity index (χ0n) is 10.7. The van der Waals surface area contributed by atoms with Crippen LogP contribution < -0.4 is 10.2 Å². The molecule has 1 N–H and O–H groups in total. The van der Waals surface area contributed by atoms with Gasteiger partial charge in [-0.3, -0.25) is 9.59 Å². The van der Waals surface area contributed by atoms with E-state index in [1.807, 2.05) is 0 Å². The van der Waals surface area contributed by atoms with E-state index in [1.165, 1.54) is 19.2 Å². The van der Waals surface area contributed by atoms with E-state index in [9.17, 15) is 21.9 Å². The smallest absolute Gasteiger partial charge is 0.307 e. The summed E-state index contributed by atoms with van der Waals surface area (Å²) < 4.78 is 34.8. The molecule has 0 radical (unpaired) electrons. The lowest BCUT2D eigenvalue weighted by Gasteiger charge is -2.19. The second-order valence-electron chi connectivity index (χ2n) is 4.40. The van der Waals surface area contributed by atoms with Gasteiger partial charge in [0.05, 0.1) is 11.3 Å². The molecule has 1 aromatic rings. The maximum Gasteiger partial charge on any atom is 0.307 e. The molecule has 20 heavy (non-hydrogen) atoms. The van der Waals surface area contributed by atoms with Crippen LogP contribution in [0, 0.1) is 0 Å². The van der Waals surface area contributed by atoms with Crippen molar-refractivity contribution < 1.29 is 21.9 Å². The Morgan fingerprint density at radius 2 is 2.05 bits per heavy atom. The fourth-order valence-corrected chi connectivity index (χ4v) is 2.80. The molecule has 8 heteroatoms. The Labute approximate surface area is 115 Å². The largest absolute Gasteiger partial charge is 0.355 e. The highest BCUT2D eigenvalue weighted by Crippen LogP contribution is 2.28. The molecular weight excluding hydrogens is 287 g/mol. The topological polar surface area (TPSA) is 83.6 Å². The van der Waals surface area contributed by atoms with Crippen molar-refractivity contribution in [3.8, 4) is 0 Å². The number of benzene rings is 1. The van der Waals surface area contributed by atoms with Gasteiger partial charge in [0.2, 0.25) is 5.91 Å². The average molecular weight is 300 g/mol. The summed E-state index contributed by atoms with van der Waals surface area (Å²) in [5, 5.41) is 1.05. The minimum Gasteiger partial charge on any atom is -0.355 e. The number of halogens is 1. The first-order valence-corrected chi connectivity index (χ1v) is 7.34. The number of rotatable bonds is 3. The van der Waals surface area contributed by atoms with Crippen LogP contribution in [0.15, 0.2) is 24.3 Å². The van der Waals surface area contributed by atoms with Gasteiger partial charge in [-0.1, -0.05) is 12.1 Å². The van der Waals surface area contributed by atoms with Crippen LogP contribution in [0.1, 0.15) is 16.8 Å². The molecule has 1 aliphatic rings. The molecule has 1 fully saturated rings. The van der Waals surface area contributed by atoms with Crippen LogP contribution in [0.2, 0.25) is 0 Å². The number of anilines is 1. The van der Waals surface area contributed by atoms with Crippen molar-refractivity contribution >= 4 is 27.7 Å². The van der Waals surface area contributed by atoms with Crippen molar-refractivity contribution in [3.05, 3.63) is 29.8 Å². The molecule has 0 aliphatic carbocycles. The minimum atomic E-state index is -4.78. The molecule has 1 heterocycles. The lowest BCUT2D eigenvalue weighted by Crippen LogP contribution is -2.30. The number of nitrogens with zero attached hydrogens (tertiary/aromatic N) is 1. The van der Waals surface area contributed by atoms with Gasteiger partial charge in [0.1, 0.15) is 5.25 Å². The molecule has 2 rings (SSSR count). The Hall–Kier alpha value is -1.96. The first kappa shape index (κ1) is 14.4. The van der Waals surface area contributed by atoms with E-state index in [-0.39, 0.29) is 17.8 Å². The predicted octanol–water partition coefficient (Wildman–Crippen LogP) is 0.451. The Kier molecular flexibility index (Phi) is 3.76. The van der Waals surface area contributed by atoms with Crippen LogP contribution in [-0.2, 0) is 15.0 Å². The van der Waals surface area contributed by atoms with Gasteiger partial charge in [-0.2, -0.15) is 8.42 Å². The molecule has 1 saturated heterocycles. The number of carbonyl (C=O) groups is 2. The van der Waals surface area contributed by atoms with E-state index in [1.54, 1.807) is 12.1 Å². The lowest BCUT2D eigenvalue weighted by molar-refractivity contribution is -0.117. The molecule has 6 nitrogen and oxygen atoms in total. The predicted molar refractivity (Wildman–Crippen MR) is 70.6 cm³/mol.